The van der Waals surface area contributed by atoms with Crippen LogP contribution in [0.3, 0.4) is 0 Å². The monoisotopic (exact) mass is 373 g/mol. The Morgan fingerprint density at radius 1 is 1.07 bits per heavy atom. The molecule has 27 heavy (non-hydrogen) atoms. The van der Waals surface area contributed by atoms with Crippen molar-refractivity contribution in [3.8, 4) is 11.5 Å². The first kappa shape index (κ1) is 18.7. The highest BCUT2D eigenvalue weighted by Gasteiger charge is 2.13. The lowest BCUT2D eigenvalue weighted by atomic mass is 10.1. The van der Waals surface area contributed by atoms with Crippen molar-refractivity contribution in [3.05, 3.63) is 50.9 Å². The van der Waals surface area contributed by atoms with Crippen molar-refractivity contribution in [1.29, 1.82) is 0 Å². The van der Waals surface area contributed by atoms with Gasteiger partial charge in [-0.15, -0.1) is 0 Å². The lowest BCUT2D eigenvalue weighted by Crippen LogP contribution is -2.37. The van der Waals surface area contributed by atoms with E-state index >= 15 is 0 Å². The summed E-state index contributed by atoms with van der Waals surface area (Å²) in [6, 6.07) is 4.83. The quantitative estimate of drug-likeness (QED) is 0.399. The van der Waals surface area contributed by atoms with Crippen LogP contribution in [0.5, 0.6) is 11.5 Å². The highest BCUT2D eigenvalue weighted by Crippen LogP contribution is 2.25. The van der Waals surface area contributed by atoms with Crippen LogP contribution in [0.25, 0.3) is 11.2 Å². The molecule has 0 fully saturated rings. The Kier molecular flexibility index (Phi) is 5.31. The van der Waals surface area contributed by atoms with Crippen LogP contribution in [0.2, 0.25) is 0 Å². The smallest absolute Gasteiger partial charge is 0.332 e. The first-order valence-electron chi connectivity index (χ1n) is 8.72. The van der Waals surface area contributed by atoms with E-state index in [1.54, 1.807) is 30.1 Å². The van der Waals surface area contributed by atoms with Crippen LogP contribution in [-0.4, -0.2) is 42.0 Å². The van der Waals surface area contributed by atoms with Gasteiger partial charge < -0.3 is 20.1 Å². The Labute approximate surface area is 155 Å². The summed E-state index contributed by atoms with van der Waals surface area (Å²) in [5.74, 6) is -0.225. The second kappa shape index (κ2) is 7.67. The van der Waals surface area contributed by atoms with E-state index in [0.29, 0.717) is 24.3 Å². The van der Waals surface area contributed by atoms with Crippen LogP contribution in [0.4, 0.5) is 0 Å². The summed E-state index contributed by atoms with van der Waals surface area (Å²) in [7, 11) is 3.06. The number of benzene rings is 1. The number of hydrogen-bond acceptors (Lipinski definition) is 6. The van der Waals surface area contributed by atoms with Crippen molar-refractivity contribution in [1.82, 2.24) is 24.0 Å². The normalized spacial score (nSPS) is 11.3. The topological polar surface area (TPSA) is 114 Å². The zero-order chi connectivity index (χ0) is 19.6. The van der Waals surface area contributed by atoms with Gasteiger partial charge in [-0.2, -0.15) is 0 Å². The van der Waals surface area contributed by atoms with Crippen LogP contribution >= 0.6 is 0 Å². The second-order valence-electron chi connectivity index (χ2n) is 6.49. The van der Waals surface area contributed by atoms with Gasteiger partial charge in [0, 0.05) is 27.2 Å². The van der Waals surface area contributed by atoms with Gasteiger partial charge in [0.2, 0.25) is 0 Å². The number of phenols is 2. The molecule has 0 saturated carbocycles. The highest BCUT2D eigenvalue weighted by molar-refractivity contribution is 5.69. The van der Waals surface area contributed by atoms with Crippen molar-refractivity contribution >= 4 is 11.2 Å². The van der Waals surface area contributed by atoms with E-state index in [1.807, 2.05) is 0 Å². The molecule has 2 aromatic heterocycles. The lowest BCUT2D eigenvalue weighted by Gasteiger charge is -2.08. The van der Waals surface area contributed by atoms with E-state index in [-0.39, 0.29) is 17.1 Å². The number of hydrogen-bond donors (Lipinski definition) is 3. The number of fused-ring (bicyclic) bond motifs is 1. The van der Waals surface area contributed by atoms with Crippen LogP contribution in [0, 0.1) is 0 Å². The number of nitrogens with zero attached hydrogens (tertiary/aromatic N) is 4. The van der Waals surface area contributed by atoms with Crippen LogP contribution in [-0.2, 0) is 27.1 Å². The standard InChI is InChI=1S/C18H23N5O4/c1-21-16-15(17(26)22(2)18(21)27)23(11-20-16)9-8-19-7-3-4-12-5-6-13(24)14(25)10-12/h5-6,10-11,19,24-25H,3-4,7-9H2,1-2H3. The van der Waals surface area contributed by atoms with Crippen molar-refractivity contribution in [2.24, 2.45) is 14.1 Å². The molecule has 144 valence electrons. The molecule has 0 atom stereocenters. The molecule has 9 nitrogen and oxygen atoms in total. The van der Waals surface area contributed by atoms with Crippen molar-refractivity contribution in [2.75, 3.05) is 13.1 Å². The molecule has 0 unspecified atom stereocenters. The van der Waals surface area contributed by atoms with Gasteiger partial charge in [0.1, 0.15) is 0 Å². The summed E-state index contributed by atoms with van der Waals surface area (Å²) in [5.41, 5.74) is 1.02. The molecule has 0 aliphatic heterocycles. The van der Waals surface area contributed by atoms with E-state index in [1.165, 1.54) is 17.7 Å². The molecule has 2 heterocycles. The molecule has 3 N–H and O–H groups in total. The maximum atomic E-state index is 12.4. The molecule has 0 spiro atoms. The van der Waals surface area contributed by atoms with Gasteiger partial charge in [-0.3, -0.25) is 13.9 Å². The number of phenolic OH excluding ortho intramolecular Hbond substituents is 2. The van der Waals surface area contributed by atoms with Gasteiger partial charge in [-0.25, -0.2) is 9.78 Å². The molecule has 0 aliphatic carbocycles. The summed E-state index contributed by atoms with van der Waals surface area (Å²) in [6.07, 6.45) is 3.22. The maximum absolute atomic E-state index is 12.4. The minimum absolute atomic E-state index is 0.108. The third-order valence-electron chi connectivity index (χ3n) is 4.61. The van der Waals surface area contributed by atoms with Gasteiger partial charge in [0.15, 0.2) is 22.7 Å². The molecule has 1 aromatic carbocycles. The number of imidazole rings is 1. The third-order valence-corrected chi connectivity index (χ3v) is 4.61. The number of nitrogens with one attached hydrogen (secondary N) is 1. The molecule has 0 saturated heterocycles. The van der Waals surface area contributed by atoms with Crippen molar-refractivity contribution < 1.29 is 10.2 Å². The Morgan fingerprint density at radius 3 is 2.59 bits per heavy atom. The van der Waals surface area contributed by atoms with Gasteiger partial charge >= 0.3 is 5.69 Å². The molecule has 3 rings (SSSR count). The van der Waals surface area contributed by atoms with E-state index in [2.05, 4.69) is 10.3 Å². The van der Waals surface area contributed by atoms with Gasteiger partial charge in [-0.1, -0.05) is 6.07 Å². The fraction of sp³-hybridized carbons (Fsp3) is 0.389. The first-order valence-corrected chi connectivity index (χ1v) is 8.72. The first-order chi connectivity index (χ1) is 12.9. The Balaban J connectivity index is 1.55. The second-order valence-corrected chi connectivity index (χ2v) is 6.49. The van der Waals surface area contributed by atoms with Gasteiger partial charge in [0.05, 0.1) is 6.33 Å². The molecule has 0 aliphatic rings. The van der Waals surface area contributed by atoms with Crippen molar-refractivity contribution in [3.63, 3.8) is 0 Å². The van der Waals surface area contributed by atoms with E-state index < -0.39 is 5.69 Å². The third kappa shape index (κ3) is 3.72. The largest absolute Gasteiger partial charge is 0.504 e. The molecular weight excluding hydrogens is 350 g/mol. The minimum Gasteiger partial charge on any atom is -0.504 e. The predicted molar refractivity (Wildman–Crippen MR) is 101 cm³/mol. The molecule has 3 aromatic rings. The van der Waals surface area contributed by atoms with Crippen molar-refractivity contribution in [2.45, 2.75) is 19.4 Å². The molecule has 9 heteroatoms. The van der Waals surface area contributed by atoms with Gasteiger partial charge in [0.25, 0.3) is 5.56 Å². The lowest BCUT2D eigenvalue weighted by molar-refractivity contribution is 0.403. The van der Waals surface area contributed by atoms with Crippen LogP contribution in [0.15, 0.2) is 34.1 Å². The van der Waals surface area contributed by atoms with E-state index in [9.17, 15) is 19.8 Å². The summed E-state index contributed by atoms with van der Waals surface area (Å²) in [4.78, 5) is 28.5. The fourth-order valence-corrected chi connectivity index (χ4v) is 3.03. The predicted octanol–water partition coefficient (Wildman–Crippen LogP) is 0.0673. The maximum Gasteiger partial charge on any atom is 0.332 e. The fourth-order valence-electron chi connectivity index (χ4n) is 3.03. The summed E-state index contributed by atoms with van der Waals surface area (Å²) in [5, 5.41) is 22.1. The zero-order valence-electron chi connectivity index (χ0n) is 15.3. The van der Waals surface area contributed by atoms with Crippen LogP contribution in [0.1, 0.15) is 12.0 Å². The highest BCUT2D eigenvalue weighted by atomic mass is 16.3. The SMILES string of the molecule is Cn1c(=O)c2c(ncn2CCNCCCc2ccc(O)c(O)c2)n(C)c1=O. The summed E-state index contributed by atoms with van der Waals surface area (Å²) >= 11 is 0. The van der Waals surface area contributed by atoms with E-state index in [0.717, 1.165) is 29.5 Å². The number of aryl methyl sites for hydroxylation is 2. The molecule has 0 amide bonds. The average molecular weight is 373 g/mol. The summed E-state index contributed by atoms with van der Waals surface area (Å²) in [6.45, 7) is 1.98. The number of aromatic hydroxyl groups is 2. The number of rotatable bonds is 7. The minimum atomic E-state index is -0.392. The Hall–Kier alpha value is -3.07. The average Bonchev–Trinajstić information content (AvgIpc) is 3.08. The number of aromatic nitrogens is 4. The molecular formula is C18H23N5O4. The Bertz CT molecular complexity index is 1080. The Morgan fingerprint density at radius 2 is 1.85 bits per heavy atom. The summed E-state index contributed by atoms with van der Waals surface area (Å²) < 4.78 is 4.21. The zero-order valence-corrected chi connectivity index (χ0v) is 15.3. The van der Waals surface area contributed by atoms with Gasteiger partial charge in [-0.05, 0) is 37.1 Å². The molecule has 0 bridgehead atoms. The van der Waals surface area contributed by atoms with Crippen LogP contribution < -0.4 is 16.6 Å². The van der Waals surface area contributed by atoms with E-state index in [4.69, 9.17) is 0 Å². The molecule has 0 radical (unpaired) electrons.